The lowest BCUT2D eigenvalue weighted by Gasteiger charge is -2.14. The largest absolute Gasteiger partial charge is 0.384 e. The number of fused-ring (bicyclic) bond motifs is 1. The highest BCUT2D eigenvalue weighted by atomic mass is 16.3. The second-order valence-corrected chi connectivity index (χ2v) is 4.71. The number of nitrogens with zero attached hydrogens (tertiary/aromatic N) is 1. The normalized spacial score (nSPS) is 12.5. The zero-order valence-corrected chi connectivity index (χ0v) is 10.7. The van der Waals surface area contributed by atoms with Gasteiger partial charge in [0, 0.05) is 11.6 Å². The summed E-state index contributed by atoms with van der Waals surface area (Å²) in [5, 5.41) is 11.6. The molecule has 0 aliphatic heterocycles. The van der Waals surface area contributed by atoms with Crippen LogP contribution in [0, 0.1) is 6.92 Å². The first kappa shape index (κ1) is 11.9. The molecule has 1 atom stereocenters. The molecule has 0 bridgehead atoms. The van der Waals surface area contributed by atoms with Gasteiger partial charge in [0.2, 0.25) is 0 Å². The molecule has 0 saturated heterocycles. The van der Waals surface area contributed by atoms with Gasteiger partial charge in [0.05, 0.1) is 5.52 Å². The maximum absolute atomic E-state index is 10.5. The highest BCUT2D eigenvalue weighted by Gasteiger charge is 2.12. The number of benzene rings is 2. The van der Waals surface area contributed by atoms with E-state index < -0.39 is 6.10 Å². The number of pyridine rings is 1. The van der Waals surface area contributed by atoms with Crippen molar-refractivity contribution in [3.05, 3.63) is 77.5 Å². The van der Waals surface area contributed by atoms with Gasteiger partial charge < -0.3 is 5.11 Å². The van der Waals surface area contributed by atoms with E-state index in [1.165, 1.54) is 0 Å². The summed E-state index contributed by atoms with van der Waals surface area (Å²) < 4.78 is 0. The van der Waals surface area contributed by atoms with E-state index in [9.17, 15) is 5.11 Å². The molecule has 94 valence electrons. The Kier molecular flexibility index (Phi) is 3.02. The van der Waals surface area contributed by atoms with E-state index in [0.29, 0.717) is 0 Å². The quantitative estimate of drug-likeness (QED) is 0.752. The van der Waals surface area contributed by atoms with Crippen LogP contribution in [0.5, 0.6) is 0 Å². The third-order valence-electron chi connectivity index (χ3n) is 3.43. The standard InChI is InChI=1S/C17H15NO/c1-12-5-2-3-7-15(12)17(19)14-9-8-13-6-4-10-18-16(13)11-14/h2-11,17,19H,1H3. The fraction of sp³-hybridized carbons (Fsp3) is 0.118. The van der Waals surface area contributed by atoms with E-state index in [4.69, 9.17) is 0 Å². The third-order valence-corrected chi connectivity index (χ3v) is 3.43. The number of hydrogen-bond acceptors (Lipinski definition) is 2. The molecule has 2 aromatic carbocycles. The Balaban J connectivity index is 2.07. The molecule has 0 saturated carbocycles. The monoisotopic (exact) mass is 249 g/mol. The Morgan fingerprint density at radius 3 is 2.68 bits per heavy atom. The predicted molar refractivity (Wildman–Crippen MR) is 77.0 cm³/mol. The first-order valence-electron chi connectivity index (χ1n) is 6.34. The smallest absolute Gasteiger partial charge is 0.104 e. The molecule has 0 fully saturated rings. The highest BCUT2D eigenvalue weighted by Crippen LogP contribution is 2.26. The van der Waals surface area contributed by atoms with Crippen molar-refractivity contribution in [1.29, 1.82) is 0 Å². The molecule has 0 radical (unpaired) electrons. The van der Waals surface area contributed by atoms with E-state index in [-0.39, 0.29) is 0 Å². The summed E-state index contributed by atoms with van der Waals surface area (Å²) in [6, 6.07) is 17.7. The average molecular weight is 249 g/mol. The van der Waals surface area contributed by atoms with Crippen molar-refractivity contribution in [3.8, 4) is 0 Å². The zero-order valence-electron chi connectivity index (χ0n) is 10.7. The van der Waals surface area contributed by atoms with Gasteiger partial charge in [-0.15, -0.1) is 0 Å². The number of aliphatic hydroxyl groups is 1. The number of aromatic nitrogens is 1. The topological polar surface area (TPSA) is 33.1 Å². The molecule has 0 aliphatic rings. The lowest BCUT2D eigenvalue weighted by atomic mass is 9.97. The van der Waals surface area contributed by atoms with Crippen molar-refractivity contribution in [2.75, 3.05) is 0 Å². The van der Waals surface area contributed by atoms with Crippen LogP contribution >= 0.6 is 0 Å². The van der Waals surface area contributed by atoms with Crippen LogP contribution in [0.15, 0.2) is 60.8 Å². The molecule has 2 nitrogen and oxygen atoms in total. The molecular weight excluding hydrogens is 234 g/mol. The SMILES string of the molecule is Cc1ccccc1C(O)c1ccc2cccnc2c1. The lowest BCUT2D eigenvalue weighted by molar-refractivity contribution is 0.219. The van der Waals surface area contributed by atoms with Crippen LogP contribution in [-0.2, 0) is 0 Å². The molecule has 3 rings (SSSR count). The van der Waals surface area contributed by atoms with E-state index in [1.54, 1.807) is 6.20 Å². The number of aryl methyl sites for hydroxylation is 1. The molecule has 0 spiro atoms. The Bertz CT molecular complexity index is 721. The second-order valence-electron chi connectivity index (χ2n) is 4.71. The number of hydrogen-bond donors (Lipinski definition) is 1. The fourth-order valence-electron chi connectivity index (χ4n) is 2.33. The average Bonchev–Trinajstić information content (AvgIpc) is 2.46. The van der Waals surface area contributed by atoms with Crippen molar-refractivity contribution in [2.45, 2.75) is 13.0 Å². The van der Waals surface area contributed by atoms with Crippen LogP contribution < -0.4 is 0 Å². The van der Waals surface area contributed by atoms with Crippen molar-refractivity contribution in [2.24, 2.45) is 0 Å². The Morgan fingerprint density at radius 2 is 1.84 bits per heavy atom. The van der Waals surface area contributed by atoms with Crippen LogP contribution in [0.4, 0.5) is 0 Å². The van der Waals surface area contributed by atoms with Gasteiger partial charge in [-0.2, -0.15) is 0 Å². The Hall–Kier alpha value is -2.19. The van der Waals surface area contributed by atoms with Gasteiger partial charge in [0.25, 0.3) is 0 Å². The Labute approximate surface area is 112 Å². The molecule has 3 aromatic rings. The van der Waals surface area contributed by atoms with Crippen molar-refractivity contribution in [3.63, 3.8) is 0 Å². The molecule has 1 heterocycles. The van der Waals surface area contributed by atoms with Gasteiger partial charge in [-0.1, -0.05) is 42.5 Å². The van der Waals surface area contributed by atoms with Crippen LogP contribution in [0.25, 0.3) is 10.9 Å². The number of rotatable bonds is 2. The van der Waals surface area contributed by atoms with Gasteiger partial charge in [-0.3, -0.25) is 4.98 Å². The van der Waals surface area contributed by atoms with Crippen LogP contribution in [0.1, 0.15) is 22.8 Å². The summed E-state index contributed by atoms with van der Waals surface area (Å²) in [5.74, 6) is 0. The van der Waals surface area contributed by atoms with Gasteiger partial charge in [-0.25, -0.2) is 0 Å². The first-order valence-corrected chi connectivity index (χ1v) is 6.34. The molecule has 2 heteroatoms. The lowest BCUT2D eigenvalue weighted by Crippen LogP contribution is -2.01. The summed E-state index contributed by atoms with van der Waals surface area (Å²) in [4.78, 5) is 4.33. The summed E-state index contributed by atoms with van der Waals surface area (Å²) >= 11 is 0. The maximum atomic E-state index is 10.5. The predicted octanol–water partition coefficient (Wildman–Crippen LogP) is 3.62. The van der Waals surface area contributed by atoms with Crippen LogP contribution in [-0.4, -0.2) is 10.1 Å². The van der Waals surface area contributed by atoms with Gasteiger partial charge in [-0.05, 0) is 35.7 Å². The summed E-state index contributed by atoms with van der Waals surface area (Å²) in [6.07, 6.45) is 1.17. The van der Waals surface area contributed by atoms with Crippen molar-refractivity contribution >= 4 is 10.9 Å². The van der Waals surface area contributed by atoms with Crippen molar-refractivity contribution in [1.82, 2.24) is 4.98 Å². The van der Waals surface area contributed by atoms with Gasteiger partial charge >= 0.3 is 0 Å². The molecule has 1 aromatic heterocycles. The zero-order chi connectivity index (χ0) is 13.2. The van der Waals surface area contributed by atoms with E-state index >= 15 is 0 Å². The summed E-state index contributed by atoms with van der Waals surface area (Å²) in [6.45, 7) is 2.01. The maximum Gasteiger partial charge on any atom is 0.104 e. The molecular formula is C17H15NO. The number of aliphatic hydroxyl groups excluding tert-OH is 1. The highest BCUT2D eigenvalue weighted by molar-refractivity contribution is 5.79. The summed E-state index contributed by atoms with van der Waals surface area (Å²) in [5.41, 5.74) is 3.82. The van der Waals surface area contributed by atoms with Crippen LogP contribution in [0.2, 0.25) is 0 Å². The molecule has 0 amide bonds. The third kappa shape index (κ3) is 2.23. The Morgan fingerprint density at radius 1 is 1.00 bits per heavy atom. The second kappa shape index (κ2) is 4.82. The van der Waals surface area contributed by atoms with E-state index in [2.05, 4.69) is 4.98 Å². The minimum Gasteiger partial charge on any atom is -0.384 e. The molecule has 1 unspecified atom stereocenters. The fourth-order valence-corrected chi connectivity index (χ4v) is 2.33. The summed E-state index contributed by atoms with van der Waals surface area (Å²) in [7, 11) is 0. The molecule has 19 heavy (non-hydrogen) atoms. The van der Waals surface area contributed by atoms with Crippen LogP contribution in [0.3, 0.4) is 0 Å². The molecule has 0 aliphatic carbocycles. The van der Waals surface area contributed by atoms with Crippen molar-refractivity contribution < 1.29 is 5.11 Å². The molecule has 1 N–H and O–H groups in total. The van der Waals surface area contributed by atoms with Gasteiger partial charge in [0.15, 0.2) is 0 Å². The minimum absolute atomic E-state index is 0.604. The minimum atomic E-state index is -0.604. The van der Waals surface area contributed by atoms with E-state index in [0.717, 1.165) is 27.6 Å². The van der Waals surface area contributed by atoms with Gasteiger partial charge in [0.1, 0.15) is 6.10 Å². The first-order chi connectivity index (χ1) is 9.25. The van der Waals surface area contributed by atoms with E-state index in [1.807, 2.05) is 61.5 Å².